The van der Waals surface area contributed by atoms with Crippen molar-refractivity contribution in [3.05, 3.63) is 45.3 Å². The van der Waals surface area contributed by atoms with Gasteiger partial charge in [-0.1, -0.05) is 0 Å². The number of amides is 1. The number of nitrogen functional groups attached to an aromatic ring is 1. The number of ether oxygens (including phenoxy) is 2. The molecule has 0 saturated heterocycles. The molecule has 2 rings (SSSR count). The maximum atomic E-state index is 11.7. The summed E-state index contributed by atoms with van der Waals surface area (Å²) in [6, 6.07) is 10.3. The molecule has 3 N–H and O–H groups in total. The Morgan fingerprint density at radius 3 is 2.25 bits per heavy atom. The van der Waals surface area contributed by atoms with Gasteiger partial charge in [0, 0.05) is 11.4 Å². The number of halogens is 2. The summed E-state index contributed by atoms with van der Waals surface area (Å²) in [6.45, 7) is 0. The molecule has 24 heavy (non-hydrogen) atoms. The van der Waals surface area contributed by atoms with Crippen LogP contribution in [0.2, 0.25) is 0 Å². The zero-order valence-corrected chi connectivity index (χ0v) is 15.8. The van der Waals surface area contributed by atoms with E-state index < -0.39 is 11.9 Å². The van der Waals surface area contributed by atoms with Gasteiger partial charge in [0.2, 0.25) is 5.91 Å². The third-order valence-electron chi connectivity index (χ3n) is 2.91. The lowest BCUT2D eigenvalue weighted by Gasteiger charge is -2.13. The lowest BCUT2D eigenvalue weighted by Crippen LogP contribution is -2.17. The van der Waals surface area contributed by atoms with Gasteiger partial charge in [0.25, 0.3) is 0 Å². The molecule has 2 aromatic carbocycles. The van der Waals surface area contributed by atoms with Gasteiger partial charge in [0.1, 0.15) is 12.2 Å². The van der Waals surface area contributed by atoms with Crippen LogP contribution in [0.5, 0.6) is 11.5 Å². The molecule has 0 unspecified atom stereocenters. The first kappa shape index (κ1) is 18.3. The molecule has 6 nitrogen and oxygen atoms in total. The third-order valence-corrected chi connectivity index (χ3v) is 4.09. The van der Waals surface area contributed by atoms with Crippen LogP contribution in [0.3, 0.4) is 0 Å². The van der Waals surface area contributed by atoms with Crippen molar-refractivity contribution in [2.75, 3.05) is 18.2 Å². The minimum absolute atomic E-state index is 0.352. The Hall–Kier alpha value is -2.06. The van der Waals surface area contributed by atoms with Crippen LogP contribution in [0.25, 0.3) is 0 Å². The molecule has 2 aromatic rings. The number of hydrogen-bond acceptors (Lipinski definition) is 5. The Labute approximate surface area is 155 Å². The molecule has 126 valence electrons. The normalized spacial score (nSPS) is 10.1. The molecule has 0 atom stereocenters. The number of carbonyl (C=O) groups is 2. The van der Waals surface area contributed by atoms with E-state index >= 15 is 0 Å². The van der Waals surface area contributed by atoms with Crippen LogP contribution in [0, 0.1) is 0 Å². The molecule has 0 radical (unpaired) electrons. The maximum absolute atomic E-state index is 11.7. The fourth-order valence-corrected chi connectivity index (χ4v) is 3.14. The molecule has 8 heteroatoms. The highest BCUT2D eigenvalue weighted by Crippen LogP contribution is 2.39. The van der Waals surface area contributed by atoms with Gasteiger partial charge in [-0.25, -0.2) is 0 Å². The Morgan fingerprint density at radius 2 is 1.71 bits per heavy atom. The van der Waals surface area contributed by atoms with Gasteiger partial charge >= 0.3 is 5.97 Å². The highest BCUT2D eigenvalue weighted by molar-refractivity contribution is 9.11. The molecule has 0 saturated carbocycles. The smallest absolute Gasteiger partial charge is 0.315 e. The van der Waals surface area contributed by atoms with Gasteiger partial charge in [-0.05, 0) is 68.3 Å². The minimum Gasteiger partial charge on any atom is -0.469 e. The number of rotatable bonds is 5. The Kier molecular flexibility index (Phi) is 6.22. The number of carbonyl (C=O) groups excluding carboxylic acids is 2. The summed E-state index contributed by atoms with van der Waals surface area (Å²) < 4.78 is 11.5. The van der Waals surface area contributed by atoms with Crippen molar-refractivity contribution in [2.45, 2.75) is 6.42 Å². The molecule has 0 aromatic heterocycles. The van der Waals surface area contributed by atoms with Gasteiger partial charge in [-0.3, -0.25) is 9.59 Å². The molecule has 0 bridgehead atoms. The van der Waals surface area contributed by atoms with Crippen molar-refractivity contribution in [1.29, 1.82) is 0 Å². The Balaban J connectivity index is 2.14. The van der Waals surface area contributed by atoms with Crippen LogP contribution in [0.15, 0.2) is 45.3 Å². The zero-order valence-electron chi connectivity index (χ0n) is 12.6. The summed E-state index contributed by atoms with van der Waals surface area (Å²) in [5.41, 5.74) is 6.79. The van der Waals surface area contributed by atoms with Crippen LogP contribution in [0.4, 0.5) is 11.4 Å². The van der Waals surface area contributed by atoms with Crippen LogP contribution in [-0.4, -0.2) is 19.0 Å². The topological polar surface area (TPSA) is 90.7 Å². The minimum atomic E-state index is -0.603. The van der Waals surface area contributed by atoms with Crippen LogP contribution in [0.1, 0.15) is 6.42 Å². The number of esters is 1. The second kappa shape index (κ2) is 8.16. The summed E-state index contributed by atoms with van der Waals surface area (Å²) in [6.07, 6.45) is -0.352. The predicted octanol–water partition coefficient (Wildman–Crippen LogP) is 4.09. The number of hydrogen-bond donors (Lipinski definition) is 2. The summed E-state index contributed by atoms with van der Waals surface area (Å²) in [4.78, 5) is 22.8. The van der Waals surface area contributed by atoms with Crippen molar-refractivity contribution in [3.63, 3.8) is 0 Å². The Bertz CT molecular complexity index is 740. The van der Waals surface area contributed by atoms with E-state index in [1.54, 1.807) is 36.4 Å². The van der Waals surface area contributed by atoms with Crippen molar-refractivity contribution in [1.82, 2.24) is 0 Å². The fraction of sp³-hybridized carbons (Fsp3) is 0.125. The van der Waals surface area contributed by atoms with Crippen LogP contribution >= 0.6 is 31.9 Å². The van der Waals surface area contributed by atoms with Crippen molar-refractivity contribution < 1.29 is 19.1 Å². The van der Waals surface area contributed by atoms with Crippen LogP contribution in [-0.2, 0) is 14.3 Å². The van der Waals surface area contributed by atoms with E-state index in [4.69, 9.17) is 10.5 Å². The van der Waals surface area contributed by atoms with E-state index in [1.165, 1.54) is 7.11 Å². The molecule has 0 heterocycles. The maximum Gasteiger partial charge on any atom is 0.315 e. The van der Waals surface area contributed by atoms with Crippen molar-refractivity contribution in [3.8, 4) is 11.5 Å². The van der Waals surface area contributed by atoms with Gasteiger partial charge in [-0.2, -0.15) is 0 Å². The molecule has 0 fully saturated rings. The number of benzene rings is 2. The number of methoxy groups -OCH3 is 1. The zero-order chi connectivity index (χ0) is 17.7. The van der Waals surface area contributed by atoms with Crippen molar-refractivity contribution in [2.24, 2.45) is 0 Å². The highest BCUT2D eigenvalue weighted by atomic mass is 79.9. The van der Waals surface area contributed by atoms with E-state index in [0.29, 0.717) is 31.8 Å². The van der Waals surface area contributed by atoms with Gasteiger partial charge in [0.15, 0.2) is 5.75 Å². The fourth-order valence-electron chi connectivity index (χ4n) is 1.79. The van der Waals surface area contributed by atoms with E-state index in [1.807, 2.05) is 0 Å². The van der Waals surface area contributed by atoms with Gasteiger partial charge in [0.05, 0.1) is 16.1 Å². The number of nitrogens with two attached hydrogens (primary N) is 1. The standard InChI is InChI=1S/C16H14Br2N2O4/c1-23-15(22)8-14(21)20-10-6-12(17)16(13(18)7-10)24-11-4-2-9(19)3-5-11/h2-7H,8,19H2,1H3,(H,20,21). The second-order valence-corrected chi connectivity index (χ2v) is 6.45. The van der Waals surface area contributed by atoms with E-state index in [2.05, 4.69) is 41.9 Å². The summed E-state index contributed by atoms with van der Waals surface area (Å²) in [5, 5.41) is 2.62. The molecule has 1 amide bonds. The first-order valence-corrected chi connectivity index (χ1v) is 8.36. The van der Waals surface area contributed by atoms with E-state index in [9.17, 15) is 9.59 Å². The summed E-state index contributed by atoms with van der Waals surface area (Å²) in [7, 11) is 1.23. The lowest BCUT2D eigenvalue weighted by molar-refractivity contribution is -0.142. The molecule has 0 aliphatic heterocycles. The third kappa shape index (κ3) is 4.97. The average Bonchev–Trinajstić information content (AvgIpc) is 2.52. The average molecular weight is 458 g/mol. The lowest BCUT2D eigenvalue weighted by atomic mass is 10.2. The summed E-state index contributed by atoms with van der Waals surface area (Å²) in [5.74, 6) is 0.0978. The van der Waals surface area contributed by atoms with Crippen LogP contribution < -0.4 is 15.8 Å². The molecule has 0 aliphatic rings. The number of nitrogens with one attached hydrogen (secondary N) is 1. The molecule has 0 spiro atoms. The summed E-state index contributed by atoms with van der Waals surface area (Å²) >= 11 is 6.80. The van der Waals surface area contributed by atoms with Gasteiger partial charge in [-0.15, -0.1) is 0 Å². The highest BCUT2D eigenvalue weighted by Gasteiger charge is 2.14. The first-order chi connectivity index (χ1) is 11.4. The monoisotopic (exact) mass is 456 g/mol. The van der Waals surface area contributed by atoms with E-state index in [-0.39, 0.29) is 6.42 Å². The quantitative estimate of drug-likeness (QED) is 0.401. The van der Waals surface area contributed by atoms with Gasteiger partial charge < -0.3 is 20.5 Å². The largest absolute Gasteiger partial charge is 0.469 e. The Morgan fingerprint density at radius 1 is 1.12 bits per heavy atom. The number of anilines is 2. The predicted molar refractivity (Wildman–Crippen MR) is 98.0 cm³/mol. The SMILES string of the molecule is COC(=O)CC(=O)Nc1cc(Br)c(Oc2ccc(N)cc2)c(Br)c1. The molecular formula is C16H14Br2N2O4. The second-order valence-electron chi connectivity index (χ2n) is 4.74. The van der Waals surface area contributed by atoms with Crippen molar-refractivity contribution >= 4 is 55.1 Å². The molecule has 0 aliphatic carbocycles. The molecular weight excluding hydrogens is 444 g/mol. The first-order valence-electron chi connectivity index (χ1n) is 6.78. The van der Waals surface area contributed by atoms with E-state index in [0.717, 1.165) is 0 Å².